The van der Waals surface area contributed by atoms with E-state index in [0.29, 0.717) is 36.3 Å². The molecule has 18 heavy (non-hydrogen) atoms. The molecule has 1 N–H and O–H groups in total. The fourth-order valence-corrected chi connectivity index (χ4v) is 1.54. The number of rotatable bonds is 5. The summed E-state index contributed by atoms with van der Waals surface area (Å²) in [6, 6.07) is 6.95. The molecule has 0 bridgehead atoms. The van der Waals surface area contributed by atoms with E-state index in [2.05, 4.69) is 15.5 Å². The van der Waals surface area contributed by atoms with Crippen LogP contribution >= 0.6 is 0 Å². The van der Waals surface area contributed by atoms with Crippen LogP contribution in [0.15, 0.2) is 28.8 Å². The predicted molar refractivity (Wildman–Crippen MR) is 65.5 cm³/mol. The van der Waals surface area contributed by atoms with Crippen LogP contribution in [0.4, 0.5) is 4.39 Å². The Morgan fingerprint density at radius 1 is 1.33 bits per heavy atom. The van der Waals surface area contributed by atoms with Crippen molar-refractivity contribution in [2.24, 2.45) is 0 Å². The van der Waals surface area contributed by atoms with Crippen LogP contribution in [-0.2, 0) is 13.0 Å². The highest BCUT2D eigenvalue weighted by Gasteiger charge is 2.09. The summed E-state index contributed by atoms with van der Waals surface area (Å²) in [4.78, 5) is 4.21. The molecular weight excluding hydrogens is 233 g/mol. The lowest BCUT2D eigenvalue weighted by Gasteiger charge is -2.02. The maximum absolute atomic E-state index is 13.4. The maximum Gasteiger partial charge on any atom is 0.240 e. The second-order valence-corrected chi connectivity index (χ2v) is 4.41. The van der Waals surface area contributed by atoms with Crippen LogP contribution in [0.5, 0.6) is 0 Å². The van der Waals surface area contributed by atoms with Crippen LogP contribution in [0.2, 0.25) is 0 Å². The summed E-state index contributed by atoms with van der Waals surface area (Å²) in [5.74, 6) is 0.778. The molecule has 2 aromatic rings. The Morgan fingerprint density at radius 2 is 2.11 bits per heavy atom. The van der Waals surface area contributed by atoms with Crippen LogP contribution in [-0.4, -0.2) is 16.2 Å². The van der Waals surface area contributed by atoms with Gasteiger partial charge < -0.3 is 9.84 Å². The molecule has 0 spiro atoms. The lowest BCUT2D eigenvalue weighted by Crippen LogP contribution is -2.21. The molecule has 0 aliphatic rings. The molecular formula is C13H16FN3O. The van der Waals surface area contributed by atoms with E-state index in [1.165, 1.54) is 6.07 Å². The number of hydrogen-bond donors (Lipinski definition) is 1. The third-order valence-corrected chi connectivity index (χ3v) is 2.48. The van der Waals surface area contributed by atoms with Gasteiger partial charge in [-0.05, 0) is 11.6 Å². The highest BCUT2D eigenvalue weighted by molar-refractivity contribution is 5.20. The Balaban J connectivity index is 2.00. The highest BCUT2D eigenvalue weighted by atomic mass is 19.1. The third kappa shape index (κ3) is 3.37. The van der Waals surface area contributed by atoms with Gasteiger partial charge >= 0.3 is 0 Å². The first-order valence-electron chi connectivity index (χ1n) is 5.93. The van der Waals surface area contributed by atoms with Gasteiger partial charge in [0.1, 0.15) is 5.82 Å². The Morgan fingerprint density at radius 3 is 2.83 bits per heavy atom. The summed E-state index contributed by atoms with van der Waals surface area (Å²) in [7, 11) is 0. The summed E-state index contributed by atoms with van der Waals surface area (Å²) in [6.07, 6.45) is 0.345. The molecule has 5 heteroatoms. The SMILES string of the molecule is CC(C)NCc1nc(Cc2ccccc2F)no1. The van der Waals surface area contributed by atoms with E-state index in [4.69, 9.17) is 4.52 Å². The molecule has 0 aliphatic heterocycles. The van der Waals surface area contributed by atoms with Crippen molar-refractivity contribution in [2.45, 2.75) is 32.9 Å². The Labute approximate surface area is 105 Å². The number of hydrogen-bond acceptors (Lipinski definition) is 4. The molecule has 4 nitrogen and oxygen atoms in total. The van der Waals surface area contributed by atoms with Gasteiger partial charge in [0, 0.05) is 12.5 Å². The van der Waals surface area contributed by atoms with Gasteiger partial charge in [0.2, 0.25) is 5.89 Å². The van der Waals surface area contributed by atoms with E-state index >= 15 is 0 Å². The lowest BCUT2D eigenvalue weighted by molar-refractivity contribution is 0.358. The second-order valence-electron chi connectivity index (χ2n) is 4.41. The smallest absolute Gasteiger partial charge is 0.240 e. The minimum Gasteiger partial charge on any atom is -0.338 e. The van der Waals surface area contributed by atoms with Gasteiger partial charge in [-0.25, -0.2) is 4.39 Å². The van der Waals surface area contributed by atoms with Crippen molar-refractivity contribution in [3.05, 3.63) is 47.4 Å². The van der Waals surface area contributed by atoms with Crippen molar-refractivity contribution < 1.29 is 8.91 Å². The zero-order valence-electron chi connectivity index (χ0n) is 10.5. The van der Waals surface area contributed by atoms with Gasteiger partial charge in [0.25, 0.3) is 0 Å². The fourth-order valence-electron chi connectivity index (χ4n) is 1.54. The van der Waals surface area contributed by atoms with E-state index in [-0.39, 0.29) is 5.82 Å². The van der Waals surface area contributed by atoms with Crippen LogP contribution in [0, 0.1) is 5.82 Å². The molecule has 0 saturated heterocycles. The van der Waals surface area contributed by atoms with Crippen LogP contribution in [0.25, 0.3) is 0 Å². The molecule has 2 rings (SSSR count). The normalized spacial score (nSPS) is 11.1. The molecule has 0 aliphatic carbocycles. The van der Waals surface area contributed by atoms with Crippen molar-refractivity contribution in [1.29, 1.82) is 0 Å². The van der Waals surface area contributed by atoms with Gasteiger partial charge in [-0.1, -0.05) is 37.2 Å². The number of benzene rings is 1. The largest absolute Gasteiger partial charge is 0.338 e. The molecule has 1 aromatic heterocycles. The van der Waals surface area contributed by atoms with E-state index in [9.17, 15) is 4.39 Å². The van der Waals surface area contributed by atoms with Crippen LogP contribution in [0.3, 0.4) is 0 Å². The van der Waals surface area contributed by atoms with E-state index in [1.807, 2.05) is 13.8 Å². The summed E-state index contributed by atoms with van der Waals surface area (Å²) >= 11 is 0. The molecule has 0 atom stereocenters. The van der Waals surface area contributed by atoms with Gasteiger partial charge in [0.05, 0.1) is 6.54 Å². The molecule has 0 unspecified atom stereocenters. The predicted octanol–water partition coefficient (Wildman–Crippen LogP) is 2.30. The number of halogens is 1. The molecule has 0 saturated carbocycles. The van der Waals surface area contributed by atoms with Gasteiger partial charge in [-0.2, -0.15) is 4.98 Å². The zero-order chi connectivity index (χ0) is 13.0. The van der Waals surface area contributed by atoms with Crippen molar-refractivity contribution in [3.63, 3.8) is 0 Å². The first-order chi connectivity index (χ1) is 8.65. The number of aromatic nitrogens is 2. The van der Waals surface area contributed by atoms with E-state index in [0.717, 1.165) is 0 Å². The monoisotopic (exact) mass is 249 g/mol. The quantitative estimate of drug-likeness (QED) is 0.883. The number of nitrogens with zero attached hydrogens (tertiary/aromatic N) is 2. The lowest BCUT2D eigenvalue weighted by atomic mass is 10.1. The minimum absolute atomic E-state index is 0.246. The van der Waals surface area contributed by atoms with Crippen molar-refractivity contribution in [1.82, 2.24) is 15.5 Å². The number of nitrogens with one attached hydrogen (secondary N) is 1. The zero-order valence-corrected chi connectivity index (χ0v) is 10.5. The second kappa shape index (κ2) is 5.73. The van der Waals surface area contributed by atoms with Crippen LogP contribution in [0.1, 0.15) is 31.1 Å². The Kier molecular flexibility index (Phi) is 4.04. The molecule has 0 fully saturated rings. The molecule has 1 heterocycles. The highest BCUT2D eigenvalue weighted by Crippen LogP contribution is 2.11. The van der Waals surface area contributed by atoms with E-state index < -0.39 is 0 Å². The van der Waals surface area contributed by atoms with E-state index in [1.54, 1.807) is 18.2 Å². The summed E-state index contributed by atoms with van der Waals surface area (Å²) < 4.78 is 18.5. The molecule has 0 amide bonds. The van der Waals surface area contributed by atoms with Gasteiger partial charge in [-0.15, -0.1) is 0 Å². The fraction of sp³-hybridized carbons (Fsp3) is 0.385. The average molecular weight is 249 g/mol. The molecule has 96 valence electrons. The van der Waals surface area contributed by atoms with Crippen molar-refractivity contribution in [3.8, 4) is 0 Å². The Hall–Kier alpha value is -1.75. The maximum atomic E-state index is 13.4. The summed E-state index contributed by atoms with van der Waals surface area (Å²) in [5, 5.41) is 7.02. The van der Waals surface area contributed by atoms with Crippen molar-refractivity contribution >= 4 is 0 Å². The summed E-state index contributed by atoms with van der Waals surface area (Å²) in [6.45, 7) is 4.61. The van der Waals surface area contributed by atoms with Gasteiger partial charge in [0.15, 0.2) is 5.82 Å². The third-order valence-electron chi connectivity index (χ3n) is 2.48. The molecule has 0 radical (unpaired) electrons. The van der Waals surface area contributed by atoms with Crippen LogP contribution < -0.4 is 5.32 Å². The standard InChI is InChI=1S/C13H16FN3O/c1-9(2)15-8-13-16-12(17-18-13)7-10-5-3-4-6-11(10)14/h3-6,9,15H,7-8H2,1-2H3. The van der Waals surface area contributed by atoms with Crippen molar-refractivity contribution in [2.75, 3.05) is 0 Å². The first kappa shape index (κ1) is 12.7. The first-order valence-corrected chi connectivity index (χ1v) is 5.93. The summed E-state index contributed by atoms with van der Waals surface area (Å²) in [5.41, 5.74) is 0.571. The topological polar surface area (TPSA) is 51.0 Å². The molecule has 1 aromatic carbocycles. The van der Waals surface area contributed by atoms with Gasteiger partial charge in [-0.3, -0.25) is 0 Å². The Bertz CT molecular complexity index is 510. The average Bonchev–Trinajstić information content (AvgIpc) is 2.77. The minimum atomic E-state index is -0.246.